The number of fused-ring (bicyclic) bond motifs is 1. The highest BCUT2D eigenvalue weighted by Gasteiger charge is 2.29. The van der Waals surface area contributed by atoms with Crippen LogP contribution < -0.4 is 15.6 Å². The van der Waals surface area contributed by atoms with Crippen molar-refractivity contribution in [3.05, 3.63) is 53.6 Å². The van der Waals surface area contributed by atoms with E-state index in [-0.39, 0.29) is 30.6 Å². The Labute approximate surface area is 189 Å². The second-order valence-corrected chi connectivity index (χ2v) is 8.08. The van der Waals surface area contributed by atoms with Crippen LogP contribution in [0, 0.1) is 0 Å². The molecule has 2 heterocycles. The number of hydrogen-bond donors (Lipinski definition) is 3. The summed E-state index contributed by atoms with van der Waals surface area (Å²) in [6.07, 6.45) is -0.0715. The maximum absolute atomic E-state index is 12.7. The van der Waals surface area contributed by atoms with Crippen molar-refractivity contribution in [3.63, 3.8) is 0 Å². The van der Waals surface area contributed by atoms with Crippen molar-refractivity contribution in [2.75, 3.05) is 22.7 Å². The molecule has 170 valence electrons. The van der Waals surface area contributed by atoms with E-state index in [0.717, 1.165) is 11.3 Å². The van der Waals surface area contributed by atoms with Gasteiger partial charge in [0.25, 0.3) is 11.8 Å². The third-order valence-electron chi connectivity index (χ3n) is 5.45. The largest absolute Gasteiger partial charge is 0.481 e. The number of nitrogens with one attached hydrogen (secondary N) is 2. The summed E-state index contributed by atoms with van der Waals surface area (Å²) in [5.41, 5.74) is 3.61. The lowest BCUT2D eigenvalue weighted by Crippen LogP contribution is -2.39. The third-order valence-corrected chi connectivity index (χ3v) is 5.45. The number of carboxylic acid groups (broad SMARTS) is 1. The average Bonchev–Trinajstić information content (AvgIpc) is 3.06. The molecule has 0 aromatic heterocycles. The molecule has 4 rings (SSSR count). The highest BCUT2D eigenvalue weighted by Crippen LogP contribution is 2.27. The summed E-state index contributed by atoms with van der Waals surface area (Å²) in [6.45, 7) is 2.11. The molecule has 2 aliphatic heterocycles. The molecule has 3 N–H and O–H groups in total. The molecule has 0 fully saturated rings. The highest BCUT2D eigenvalue weighted by molar-refractivity contribution is 6.12. The zero-order valence-electron chi connectivity index (χ0n) is 18.2. The Morgan fingerprint density at radius 3 is 2.55 bits per heavy atom. The maximum atomic E-state index is 12.7. The number of carboxylic acids is 1. The van der Waals surface area contributed by atoms with Crippen LogP contribution in [0.25, 0.3) is 0 Å². The van der Waals surface area contributed by atoms with Crippen LogP contribution in [0.5, 0.6) is 0 Å². The Bertz CT molecular complexity index is 1170. The Morgan fingerprint density at radius 1 is 1.18 bits per heavy atom. The second-order valence-electron chi connectivity index (χ2n) is 8.08. The lowest BCUT2D eigenvalue weighted by molar-refractivity contribution is -0.141. The van der Waals surface area contributed by atoms with Crippen molar-refractivity contribution >= 4 is 46.5 Å². The van der Waals surface area contributed by atoms with Crippen molar-refractivity contribution < 1.29 is 24.3 Å². The average molecular weight is 449 g/mol. The first-order valence-corrected chi connectivity index (χ1v) is 10.4. The molecule has 2 aliphatic rings. The minimum atomic E-state index is -1.08. The molecular weight excluding hydrogens is 426 g/mol. The van der Waals surface area contributed by atoms with E-state index < -0.39 is 12.0 Å². The molecule has 2 aromatic carbocycles. The number of nitrogens with zero attached hydrogens (tertiary/aromatic N) is 3. The van der Waals surface area contributed by atoms with E-state index in [9.17, 15) is 19.2 Å². The molecule has 1 unspecified atom stereocenters. The van der Waals surface area contributed by atoms with Crippen molar-refractivity contribution in [3.8, 4) is 0 Å². The van der Waals surface area contributed by atoms with E-state index in [1.807, 2.05) is 0 Å². The molecule has 0 radical (unpaired) electrons. The normalized spacial score (nSPS) is 17.8. The predicted molar refractivity (Wildman–Crippen MR) is 122 cm³/mol. The highest BCUT2D eigenvalue weighted by atomic mass is 16.4. The molecule has 10 heteroatoms. The van der Waals surface area contributed by atoms with Crippen LogP contribution in [0.15, 0.2) is 47.6 Å². The first kappa shape index (κ1) is 22.0. The van der Waals surface area contributed by atoms with Gasteiger partial charge in [-0.2, -0.15) is 5.10 Å². The van der Waals surface area contributed by atoms with Crippen LogP contribution >= 0.6 is 0 Å². The minimum absolute atomic E-state index is 0.118. The lowest BCUT2D eigenvalue weighted by atomic mass is 10.1. The van der Waals surface area contributed by atoms with E-state index in [4.69, 9.17) is 5.11 Å². The molecule has 0 saturated carbocycles. The number of rotatable bonds is 5. The summed E-state index contributed by atoms with van der Waals surface area (Å²) in [5.74, 6) is -1.86. The first-order valence-electron chi connectivity index (χ1n) is 10.4. The van der Waals surface area contributed by atoms with E-state index in [2.05, 4.69) is 15.7 Å². The fourth-order valence-corrected chi connectivity index (χ4v) is 3.80. The van der Waals surface area contributed by atoms with E-state index in [1.165, 1.54) is 9.91 Å². The fraction of sp³-hybridized carbons (Fsp3) is 0.261. The summed E-state index contributed by atoms with van der Waals surface area (Å²) in [7, 11) is 1.62. The van der Waals surface area contributed by atoms with Gasteiger partial charge < -0.3 is 20.6 Å². The molecule has 33 heavy (non-hydrogen) atoms. The third kappa shape index (κ3) is 4.69. The SMILES string of the molecule is CC1=NN(c2ccc(C(=O)Nc3ccc4c(c3)NC(CC(=O)O)C(=O)N(C)C4)cc2)C(=O)C1. The molecule has 0 aliphatic carbocycles. The van der Waals surface area contributed by atoms with Crippen molar-refractivity contribution in [1.29, 1.82) is 0 Å². The number of likely N-dealkylation sites (N-methyl/N-ethyl adjacent to an activating group) is 1. The Balaban J connectivity index is 1.50. The van der Waals surface area contributed by atoms with Gasteiger partial charge in [0, 0.05) is 36.2 Å². The molecule has 1 atom stereocenters. The maximum Gasteiger partial charge on any atom is 0.305 e. The molecule has 2 aromatic rings. The number of benzene rings is 2. The monoisotopic (exact) mass is 449 g/mol. The van der Waals surface area contributed by atoms with Gasteiger partial charge in [-0.3, -0.25) is 19.2 Å². The van der Waals surface area contributed by atoms with Gasteiger partial charge in [-0.25, -0.2) is 5.01 Å². The van der Waals surface area contributed by atoms with Gasteiger partial charge in [0.15, 0.2) is 0 Å². The quantitative estimate of drug-likeness (QED) is 0.642. The zero-order valence-corrected chi connectivity index (χ0v) is 18.2. The van der Waals surface area contributed by atoms with Crippen LogP contribution in [0.2, 0.25) is 0 Å². The van der Waals surface area contributed by atoms with Gasteiger partial charge >= 0.3 is 5.97 Å². The minimum Gasteiger partial charge on any atom is -0.481 e. The smallest absolute Gasteiger partial charge is 0.305 e. The molecular formula is C23H23N5O5. The first-order chi connectivity index (χ1) is 15.7. The summed E-state index contributed by atoms with van der Waals surface area (Å²) >= 11 is 0. The Morgan fingerprint density at radius 2 is 1.91 bits per heavy atom. The van der Waals surface area contributed by atoms with Crippen molar-refractivity contribution in [2.45, 2.75) is 32.4 Å². The van der Waals surface area contributed by atoms with Crippen LogP contribution in [0.4, 0.5) is 17.1 Å². The van der Waals surface area contributed by atoms with Gasteiger partial charge in [0.05, 0.1) is 18.5 Å². The van der Waals surface area contributed by atoms with E-state index in [0.29, 0.717) is 29.2 Å². The number of aliphatic carboxylic acids is 1. The Kier molecular flexibility index (Phi) is 5.82. The van der Waals surface area contributed by atoms with Crippen LogP contribution in [-0.4, -0.2) is 52.5 Å². The van der Waals surface area contributed by atoms with Crippen LogP contribution in [0.3, 0.4) is 0 Å². The molecule has 0 spiro atoms. The number of amides is 3. The number of hydrogen-bond acceptors (Lipinski definition) is 6. The number of anilines is 3. The summed E-state index contributed by atoms with van der Waals surface area (Å²) in [4.78, 5) is 49.8. The zero-order chi connectivity index (χ0) is 23.7. The fourth-order valence-electron chi connectivity index (χ4n) is 3.80. The predicted octanol–water partition coefficient (Wildman–Crippen LogP) is 2.28. The van der Waals surface area contributed by atoms with Gasteiger partial charge in [-0.05, 0) is 48.9 Å². The number of carbonyl (C=O) groups is 4. The van der Waals surface area contributed by atoms with Gasteiger partial charge in [-0.1, -0.05) is 6.07 Å². The molecule has 0 saturated heterocycles. The standard InChI is InChI=1S/C23H23N5O5/c1-13-9-20(29)28(26-13)17-7-4-14(5-8-17)22(32)24-16-6-3-15-12-27(2)23(33)19(11-21(30)31)25-18(15)10-16/h3-8,10,19,25H,9,11-12H2,1-2H3,(H,24,32)(H,30,31). The summed E-state index contributed by atoms with van der Waals surface area (Å²) in [5, 5.41) is 20.5. The van der Waals surface area contributed by atoms with Gasteiger partial charge in [0.1, 0.15) is 6.04 Å². The lowest BCUT2D eigenvalue weighted by Gasteiger charge is -2.19. The molecule has 0 bridgehead atoms. The Hall–Kier alpha value is -4.21. The summed E-state index contributed by atoms with van der Waals surface area (Å²) in [6, 6.07) is 10.8. The summed E-state index contributed by atoms with van der Waals surface area (Å²) < 4.78 is 0. The van der Waals surface area contributed by atoms with Crippen molar-refractivity contribution in [2.24, 2.45) is 5.10 Å². The second kappa shape index (κ2) is 8.73. The van der Waals surface area contributed by atoms with Crippen LogP contribution in [-0.2, 0) is 20.9 Å². The number of hydrazone groups is 1. The van der Waals surface area contributed by atoms with Crippen LogP contribution in [0.1, 0.15) is 35.7 Å². The van der Waals surface area contributed by atoms with Crippen molar-refractivity contribution in [1.82, 2.24) is 4.90 Å². The van der Waals surface area contributed by atoms with Gasteiger partial charge in [0.2, 0.25) is 5.91 Å². The number of carbonyl (C=O) groups excluding carboxylic acids is 3. The molecule has 10 nitrogen and oxygen atoms in total. The topological polar surface area (TPSA) is 131 Å². The van der Waals surface area contributed by atoms with E-state index >= 15 is 0 Å². The molecule has 3 amide bonds. The van der Waals surface area contributed by atoms with E-state index in [1.54, 1.807) is 56.4 Å². The van der Waals surface area contributed by atoms with Gasteiger partial charge in [-0.15, -0.1) is 0 Å².